The summed E-state index contributed by atoms with van der Waals surface area (Å²) in [4.78, 5) is 0. The van der Waals surface area contributed by atoms with Crippen LogP contribution in [0.15, 0.2) is 18.2 Å². The van der Waals surface area contributed by atoms with Gasteiger partial charge in [0.1, 0.15) is 5.82 Å². The molecule has 1 nitrogen and oxygen atoms in total. The summed E-state index contributed by atoms with van der Waals surface area (Å²) in [6.07, 6.45) is -0.617. The molecular weight excluding hydrogens is 215 g/mol. The van der Waals surface area contributed by atoms with Crippen LogP contribution in [0.25, 0.3) is 0 Å². The van der Waals surface area contributed by atoms with E-state index in [1.54, 1.807) is 0 Å². The number of halogens is 4. The van der Waals surface area contributed by atoms with E-state index in [0.29, 0.717) is 0 Å². The van der Waals surface area contributed by atoms with E-state index in [0.717, 1.165) is 6.07 Å². The standard InChI is InChI=1S/C9H9ClF3N/c10-6-2-1-3-7(11)8(6)9(12,13)4-5-14/h1-3H,4-5,14H2. The highest BCUT2D eigenvalue weighted by atomic mass is 35.5. The molecule has 0 saturated heterocycles. The van der Waals surface area contributed by atoms with Gasteiger partial charge >= 0.3 is 0 Å². The van der Waals surface area contributed by atoms with Gasteiger partial charge in [-0.1, -0.05) is 17.7 Å². The van der Waals surface area contributed by atoms with Gasteiger partial charge in [0, 0.05) is 6.42 Å². The van der Waals surface area contributed by atoms with Crippen LogP contribution in [0.2, 0.25) is 5.02 Å². The molecular formula is C9H9ClF3N. The molecule has 0 aliphatic rings. The molecule has 1 aromatic carbocycles. The Hall–Kier alpha value is -0.740. The molecule has 0 heterocycles. The highest BCUT2D eigenvalue weighted by Crippen LogP contribution is 2.37. The molecule has 1 aromatic rings. The molecule has 5 heteroatoms. The van der Waals surface area contributed by atoms with E-state index in [2.05, 4.69) is 0 Å². The summed E-state index contributed by atoms with van der Waals surface area (Å²) in [6.45, 7) is -0.225. The Morgan fingerprint density at radius 3 is 2.50 bits per heavy atom. The Bertz CT molecular complexity index is 308. The lowest BCUT2D eigenvalue weighted by molar-refractivity contribution is -0.0139. The lowest BCUT2D eigenvalue weighted by Crippen LogP contribution is -2.20. The average molecular weight is 224 g/mol. The number of benzene rings is 1. The molecule has 2 N–H and O–H groups in total. The molecule has 78 valence electrons. The average Bonchev–Trinajstić information content (AvgIpc) is 2.02. The van der Waals surface area contributed by atoms with Crippen LogP contribution in [0.3, 0.4) is 0 Å². The Morgan fingerprint density at radius 1 is 1.36 bits per heavy atom. The van der Waals surface area contributed by atoms with Gasteiger partial charge < -0.3 is 5.73 Å². The van der Waals surface area contributed by atoms with Crippen molar-refractivity contribution in [1.82, 2.24) is 0 Å². The van der Waals surface area contributed by atoms with Gasteiger partial charge in [0.05, 0.1) is 10.6 Å². The minimum absolute atomic E-state index is 0.225. The summed E-state index contributed by atoms with van der Waals surface area (Å²) in [5.74, 6) is -4.31. The van der Waals surface area contributed by atoms with Gasteiger partial charge in [0.15, 0.2) is 0 Å². The van der Waals surface area contributed by atoms with Crippen molar-refractivity contribution in [1.29, 1.82) is 0 Å². The topological polar surface area (TPSA) is 26.0 Å². The van der Waals surface area contributed by atoms with Crippen molar-refractivity contribution >= 4 is 11.6 Å². The van der Waals surface area contributed by atoms with Crippen molar-refractivity contribution in [2.75, 3.05) is 6.54 Å². The molecule has 0 atom stereocenters. The van der Waals surface area contributed by atoms with E-state index in [1.807, 2.05) is 0 Å². The van der Waals surface area contributed by atoms with Crippen molar-refractivity contribution in [3.8, 4) is 0 Å². The van der Waals surface area contributed by atoms with Crippen LogP contribution >= 0.6 is 11.6 Å². The third kappa shape index (κ3) is 2.19. The summed E-state index contributed by atoms with van der Waals surface area (Å²) < 4.78 is 39.6. The summed E-state index contributed by atoms with van der Waals surface area (Å²) in [5, 5.41) is -0.275. The fourth-order valence-electron chi connectivity index (χ4n) is 1.15. The zero-order valence-corrected chi connectivity index (χ0v) is 7.99. The molecule has 0 aromatic heterocycles. The smallest absolute Gasteiger partial charge is 0.278 e. The number of nitrogens with two attached hydrogens (primary N) is 1. The maximum Gasteiger partial charge on any atom is 0.278 e. The second kappa shape index (κ2) is 4.19. The summed E-state index contributed by atoms with van der Waals surface area (Å²) in [5.41, 5.74) is 4.24. The molecule has 0 amide bonds. The summed E-state index contributed by atoms with van der Waals surface area (Å²) >= 11 is 5.49. The van der Waals surface area contributed by atoms with E-state index < -0.39 is 23.7 Å². The molecule has 14 heavy (non-hydrogen) atoms. The number of alkyl halides is 2. The van der Waals surface area contributed by atoms with Gasteiger partial charge in [-0.3, -0.25) is 0 Å². The van der Waals surface area contributed by atoms with Gasteiger partial charge in [0.25, 0.3) is 5.92 Å². The largest absolute Gasteiger partial charge is 0.330 e. The van der Waals surface area contributed by atoms with E-state index in [1.165, 1.54) is 12.1 Å². The fraction of sp³-hybridized carbons (Fsp3) is 0.333. The van der Waals surface area contributed by atoms with Gasteiger partial charge in [-0.05, 0) is 18.7 Å². The van der Waals surface area contributed by atoms with Gasteiger partial charge in [0.2, 0.25) is 0 Å². The molecule has 0 fully saturated rings. The van der Waals surface area contributed by atoms with E-state index in [-0.39, 0.29) is 11.6 Å². The van der Waals surface area contributed by atoms with Crippen LogP contribution in [-0.2, 0) is 5.92 Å². The monoisotopic (exact) mass is 223 g/mol. The van der Waals surface area contributed by atoms with Crippen LogP contribution in [0.4, 0.5) is 13.2 Å². The Kier molecular flexibility index (Phi) is 3.39. The van der Waals surface area contributed by atoms with Crippen molar-refractivity contribution in [2.45, 2.75) is 12.3 Å². The quantitative estimate of drug-likeness (QED) is 0.838. The lowest BCUT2D eigenvalue weighted by atomic mass is 10.0. The maximum atomic E-state index is 13.3. The lowest BCUT2D eigenvalue weighted by Gasteiger charge is -2.17. The number of rotatable bonds is 3. The Balaban J connectivity index is 3.17. The second-order valence-electron chi connectivity index (χ2n) is 2.84. The van der Waals surface area contributed by atoms with Crippen LogP contribution in [0.5, 0.6) is 0 Å². The highest BCUT2D eigenvalue weighted by Gasteiger charge is 2.35. The van der Waals surface area contributed by atoms with E-state index in [4.69, 9.17) is 17.3 Å². The van der Waals surface area contributed by atoms with Crippen LogP contribution < -0.4 is 5.73 Å². The molecule has 0 saturated carbocycles. The normalized spacial score (nSPS) is 11.8. The van der Waals surface area contributed by atoms with Crippen molar-refractivity contribution in [2.24, 2.45) is 5.73 Å². The first-order valence-corrected chi connectivity index (χ1v) is 4.39. The highest BCUT2D eigenvalue weighted by molar-refractivity contribution is 6.31. The third-order valence-corrected chi connectivity index (χ3v) is 2.10. The minimum atomic E-state index is -3.31. The van der Waals surface area contributed by atoms with Crippen molar-refractivity contribution < 1.29 is 13.2 Å². The fourth-order valence-corrected chi connectivity index (χ4v) is 1.45. The Labute approximate surface area is 84.7 Å². The summed E-state index contributed by atoms with van der Waals surface area (Å²) in [7, 11) is 0. The van der Waals surface area contributed by atoms with Gasteiger partial charge in [-0.15, -0.1) is 0 Å². The second-order valence-corrected chi connectivity index (χ2v) is 3.25. The molecule has 0 aliphatic carbocycles. The van der Waals surface area contributed by atoms with Crippen LogP contribution in [-0.4, -0.2) is 6.54 Å². The Morgan fingerprint density at radius 2 is 2.00 bits per heavy atom. The number of hydrogen-bond acceptors (Lipinski definition) is 1. The molecule has 0 aliphatic heterocycles. The summed E-state index contributed by atoms with van der Waals surface area (Å²) in [6, 6.07) is 3.45. The molecule has 0 radical (unpaired) electrons. The first-order valence-electron chi connectivity index (χ1n) is 4.01. The molecule has 0 spiro atoms. The predicted molar refractivity (Wildman–Crippen MR) is 49.0 cm³/mol. The van der Waals surface area contributed by atoms with Gasteiger partial charge in [-0.25, -0.2) is 13.2 Å². The molecule has 1 rings (SSSR count). The number of hydrogen-bond donors (Lipinski definition) is 1. The van der Waals surface area contributed by atoms with E-state index >= 15 is 0 Å². The van der Waals surface area contributed by atoms with Crippen LogP contribution in [0.1, 0.15) is 12.0 Å². The molecule has 0 unspecified atom stereocenters. The first kappa shape index (κ1) is 11.3. The van der Waals surface area contributed by atoms with Crippen LogP contribution in [0, 0.1) is 5.82 Å². The zero-order chi connectivity index (χ0) is 10.8. The SMILES string of the molecule is NCCC(F)(F)c1c(F)cccc1Cl. The molecule has 0 bridgehead atoms. The van der Waals surface area contributed by atoms with E-state index in [9.17, 15) is 13.2 Å². The zero-order valence-electron chi connectivity index (χ0n) is 7.24. The maximum absolute atomic E-state index is 13.3. The van der Waals surface area contributed by atoms with Gasteiger partial charge in [-0.2, -0.15) is 0 Å². The first-order chi connectivity index (χ1) is 6.49. The van der Waals surface area contributed by atoms with Crippen molar-refractivity contribution in [3.63, 3.8) is 0 Å². The van der Waals surface area contributed by atoms with Crippen molar-refractivity contribution in [3.05, 3.63) is 34.6 Å². The minimum Gasteiger partial charge on any atom is -0.330 e. The predicted octanol–water partition coefficient (Wildman–Crippen LogP) is 2.92. The third-order valence-electron chi connectivity index (χ3n) is 1.79.